The highest BCUT2D eigenvalue weighted by molar-refractivity contribution is 6.46. The zero-order chi connectivity index (χ0) is 24.9. The number of carbonyl (C=O) groups is 2. The lowest BCUT2D eigenvalue weighted by Crippen LogP contribution is -2.38. The van der Waals surface area contributed by atoms with Gasteiger partial charge >= 0.3 is 0 Å². The van der Waals surface area contributed by atoms with Crippen LogP contribution in [0.4, 0.5) is 4.39 Å². The minimum absolute atomic E-state index is 0.0709. The molecule has 9 heteroatoms. The maximum Gasteiger partial charge on any atom is 0.295 e. The molecule has 0 spiro atoms. The van der Waals surface area contributed by atoms with E-state index >= 15 is 0 Å². The van der Waals surface area contributed by atoms with Crippen molar-refractivity contribution >= 4 is 17.4 Å². The van der Waals surface area contributed by atoms with Crippen molar-refractivity contribution in [3.05, 3.63) is 65.0 Å². The van der Waals surface area contributed by atoms with Crippen molar-refractivity contribution in [1.29, 1.82) is 0 Å². The third-order valence-corrected chi connectivity index (χ3v) is 6.23. The predicted octanol–water partition coefficient (Wildman–Crippen LogP) is 3.07. The van der Waals surface area contributed by atoms with Gasteiger partial charge in [0.2, 0.25) is 0 Å². The second-order valence-electron chi connectivity index (χ2n) is 8.47. The number of ether oxygens (including phenoxy) is 2. The number of phenols is 1. The van der Waals surface area contributed by atoms with Crippen LogP contribution in [0.3, 0.4) is 0 Å². The number of aliphatic hydroxyl groups is 1. The molecule has 2 aromatic rings. The van der Waals surface area contributed by atoms with Gasteiger partial charge in [0.1, 0.15) is 11.6 Å². The molecule has 0 bridgehead atoms. The number of nitrogens with zero attached hydrogens (tertiary/aromatic N) is 2. The third kappa shape index (κ3) is 5.31. The Kier molecular flexibility index (Phi) is 7.67. The molecule has 2 saturated heterocycles. The number of benzene rings is 2. The first-order valence-electron chi connectivity index (χ1n) is 11.7. The normalized spacial score (nSPS) is 20.4. The van der Waals surface area contributed by atoms with Crippen molar-refractivity contribution in [2.24, 2.45) is 0 Å². The highest BCUT2D eigenvalue weighted by Crippen LogP contribution is 2.41. The fraction of sp³-hybridized carbons (Fsp3) is 0.385. The van der Waals surface area contributed by atoms with Gasteiger partial charge in [0.25, 0.3) is 11.7 Å². The summed E-state index contributed by atoms with van der Waals surface area (Å²) in [7, 11) is 0. The van der Waals surface area contributed by atoms with Crippen LogP contribution in [0.1, 0.15) is 30.5 Å². The molecule has 35 heavy (non-hydrogen) atoms. The van der Waals surface area contributed by atoms with Gasteiger partial charge in [0.15, 0.2) is 11.5 Å². The van der Waals surface area contributed by atoms with Crippen molar-refractivity contribution in [3.63, 3.8) is 0 Å². The summed E-state index contributed by atoms with van der Waals surface area (Å²) < 4.78 is 24.3. The van der Waals surface area contributed by atoms with Crippen LogP contribution in [0.2, 0.25) is 0 Å². The van der Waals surface area contributed by atoms with E-state index in [0.717, 1.165) is 19.6 Å². The minimum atomic E-state index is -0.885. The molecule has 4 rings (SSSR count). The number of rotatable bonds is 8. The topological polar surface area (TPSA) is 99.5 Å². The molecule has 2 aliphatic heterocycles. The van der Waals surface area contributed by atoms with Crippen LogP contribution < -0.4 is 4.74 Å². The molecule has 2 heterocycles. The molecule has 0 saturated carbocycles. The Hall–Kier alpha value is -3.43. The summed E-state index contributed by atoms with van der Waals surface area (Å²) in [4.78, 5) is 29.9. The van der Waals surface area contributed by atoms with E-state index in [4.69, 9.17) is 9.47 Å². The standard InChI is InChI=1S/C26H29FN2O6/c1-2-35-21-16-18(6-9-20(21)30)23-22(24(31)17-4-7-19(27)8-5-17)25(32)26(33)29(23)11-3-10-28-12-14-34-15-13-28/h4-9,16,23,30-31H,2-3,10-15H2,1H3/b24-22-. The number of morpholine rings is 1. The van der Waals surface area contributed by atoms with Crippen LogP contribution in [0, 0.1) is 5.82 Å². The molecule has 186 valence electrons. The number of Topliss-reactive ketones (excluding diaryl/α,β-unsaturated/α-hetero) is 1. The summed E-state index contributed by atoms with van der Waals surface area (Å²) in [6.07, 6.45) is 0.622. The van der Waals surface area contributed by atoms with Gasteiger partial charge in [-0.15, -0.1) is 0 Å². The highest BCUT2D eigenvalue weighted by atomic mass is 19.1. The van der Waals surface area contributed by atoms with Crippen LogP contribution in [0.15, 0.2) is 48.0 Å². The minimum Gasteiger partial charge on any atom is -0.507 e. The van der Waals surface area contributed by atoms with E-state index in [2.05, 4.69) is 4.90 Å². The summed E-state index contributed by atoms with van der Waals surface area (Å²) in [5.74, 6) is -2.25. The molecule has 1 amide bonds. The van der Waals surface area contributed by atoms with E-state index in [1.54, 1.807) is 19.1 Å². The molecule has 0 aromatic heterocycles. The van der Waals surface area contributed by atoms with Crippen LogP contribution in [-0.2, 0) is 14.3 Å². The summed E-state index contributed by atoms with van der Waals surface area (Å²) in [6.45, 7) is 6.05. The number of hydrogen-bond donors (Lipinski definition) is 2. The average Bonchev–Trinajstić information content (AvgIpc) is 3.11. The Morgan fingerprint density at radius 1 is 1.11 bits per heavy atom. The molecule has 0 aliphatic carbocycles. The van der Waals surface area contributed by atoms with Gasteiger partial charge in [-0.3, -0.25) is 14.5 Å². The monoisotopic (exact) mass is 484 g/mol. The van der Waals surface area contributed by atoms with E-state index in [-0.39, 0.29) is 34.9 Å². The highest BCUT2D eigenvalue weighted by Gasteiger charge is 2.46. The third-order valence-electron chi connectivity index (χ3n) is 6.23. The van der Waals surface area contributed by atoms with Gasteiger partial charge < -0.3 is 24.6 Å². The second kappa shape index (κ2) is 10.9. The first kappa shape index (κ1) is 24.7. The maximum atomic E-state index is 13.4. The SMILES string of the molecule is CCOc1cc(C2/C(=C(/O)c3ccc(F)cc3)C(=O)C(=O)N2CCCN2CCOCC2)ccc1O. The van der Waals surface area contributed by atoms with E-state index in [0.29, 0.717) is 31.8 Å². The van der Waals surface area contributed by atoms with Crippen molar-refractivity contribution in [1.82, 2.24) is 9.80 Å². The van der Waals surface area contributed by atoms with Crippen LogP contribution in [0.5, 0.6) is 11.5 Å². The number of likely N-dealkylation sites (tertiary alicyclic amines) is 1. The number of carbonyl (C=O) groups excluding carboxylic acids is 2. The smallest absolute Gasteiger partial charge is 0.295 e. The van der Waals surface area contributed by atoms with Crippen molar-refractivity contribution < 1.29 is 33.7 Å². The summed E-state index contributed by atoms with van der Waals surface area (Å²) in [5.41, 5.74) is 0.660. The van der Waals surface area contributed by atoms with Gasteiger partial charge in [0.05, 0.1) is 31.4 Å². The first-order chi connectivity index (χ1) is 16.9. The average molecular weight is 485 g/mol. The lowest BCUT2D eigenvalue weighted by Gasteiger charge is -2.29. The van der Waals surface area contributed by atoms with Crippen molar-refractivity contribution in [2.75, 3.05) is 46.0 Å². The zero-order valence-electron chi connectivity index (χ0n) is 19.6. The van der Waals surface area contributed by atoms with Crippen LogP contribution in [-0.4, -0.2) is 77.7 Å². The van der Waals surface area contributed by atoms with Crippen LogP contribution in [0.25, 0.3) is 5.76 Å². The number of hydrogen-bond acceptors (Lipinski definition) is 7. The molecular formula is C26H29FN2O6. The molecule has 2 aromatic carbocycles. The number of aromatic hydroxyl groups is 1. The molecular weight excluding hydrogens is 455 g/mol. The van der Waals surface area contributed by atoms with Gasteiger partial charge in [-0.1, -0.05) is 6.07 Å². The van der Waals surface area contributed by atoms with E-state index < -0.39 is 23.5 Å². The van der Waals surface area contributed by atoms with Crippen molar-refractivity contribution in [2.45, 2.75) is 19.4 Å². The van der Waals surface area contributed by atoms with E-state index in [1.807, 2.05) is 0 Å². The van der Waals surface area contributed by atoms with E-state index in [9.17, 15) is 24.2 Å². The van der Waals surface area contributed by atoms with Gasteiger partial charge in [-0.05, 0) is 55.3 Å². The van der Waals surface area contributed by atoms with Gasteiger partial charge in [0, 0.05) is 31.7 Å². The zero-order valence-corrected chi connectivity index (χ0v) is 19.6. The quantitative estimate of drug-likeness (QED) is 0.338. The van der Waals surface area contributed by atoms with Crippen LogP contribution >= 0.6 is 0 Å². The Morgan fingerprint density at radius 2 is 1.83 bits per heavy atom. The molecule has 1 unspecified atom stereocenters. The lowest BCUT2D eigenvalue weighted by molar-refractivity contribution is -0.140. The number of aliphatic hydroxyl groups excluding tert-OH is 1. The van der Waals surface area contributed by atoms with Crippen molar-refractivity contribution in [3.8, 4) is 11.5 Å². The Balaban J connectivity index is 1.71. The molecule has 2 fully saturated rings. The predicted molar refractivity (Wildman–Crippen MR) is 127 cm³/mol. The molecule has 0 radical (unpaired) electrons. The lowest BCUT2D eigenvalue weighted by atomic mass is 9.95. The fourth-order valence-corrected chi connectivity index (χ4v) is 4.48. The van der Waals surface area contributed by atoms with E-state index in [1.165, 1.54) is 35.2 Å². The Bertz CT molecular complexity index is 1110. The molecule has 2 aliphatic rings. The number of amides is 1. The fourth-order valence-electron chi connectivity index (χ4n) is 4.48. The Labute approximate surface area is 203 Å². The molecule has 1 atom stereocenters. The largest absolute Gasteiger partial charge is 0.507 e. The summed E-state index contributed by atoms with van der Waals surface area (Å²) in [5, 5.41) is 21.2. The first-order valence-corrected chi connectivity index (χ1v) is 11.7. The number of halogens is 1. The maximum absolute atomic E-state index is 13.4. The van der Waals surface area contributed by atoms with Gasteiger partial charge in [-0.2, -0.15) is 0 Å². The number of ketones is 1. The summed E-state index contributed by atoms with van der Waals surface area (Å²) in [6, 6.07) is 8.79. The van der Waals surface area contributed by atoms with Gasteiger partial charge in [-0.25, -0.2) is 4.39 Å². The molecule has 8 nitrogen and oxygen atoms in total. The number of phenolic OH excluding ortho intramolecular Hbond substituents is 1. The summed E-state index contributed by atoms with van der Waals surface area (Å²) >= 11 is 0. The Morgan fingerprint density at radius 3 is 2.51 bits per heavy atom. The second-order valence-corrected chi connectivity index (χ2v) is 8.47. The molecule has 2 N–H and O–H groups in total.